The summed E-state index contributed by atoms with van der Waals surface area (Å²) in [4.78, 5) is 16.5. The van der Waals surface area contributed by atoms with Crippen LogP contribution in [0.2, 0.25) is 0 Å². The molecule has 0 saturated carbocycles. The quantitative estimate of drug-likeness (QED) is 0.803. The summed E-state index contributed by atoms with van der Waals surface area (Å²) in [7, 11) is -3.18. The Hall–Kier alpha value is -2.33. The molecule has 1 aliphatic heterocycles. The van der Waals surface area contributed by atoms with Crippen LogP contribution in [0.25, 0.3) is 5.82 Å². The molecule has 2 aromatic heterocycles. The molecule has 0 aliphatic carbocycles. The maximum absolute atomic E-state index is 12.2. The van der Waals surface area contributed by atoms with Gasteiger partial charge in [0.05, 0.1) is 11.8 Å². The Kier molecular flexibility index (Phi) is 5.09. The van der Waals surface area contributed by atoms with Gasteiger partial charge in [0, 0.05) is 25.8 Å². The molecule has 1 fully saturated rings. The van der Waals surface area contributed by atoms with Crippen molar-refractivity contribution >= 4 is 15.9 Å². The Morgan fingerprint density at radius 3 is 2.72 bits per heavy atom. The highest BCUT2D eigenvalue weighted by Crippen LogP contribution is 2.18. The molecular formula is C15H20N6O3S. The number of nitrogens with one attached hydrogen (secondary N) is 1. The minimum atomic E-state index is -3.18. The molecule has 9 nitrogen and oxygen atoms in total. The minimum Gasteiger partial charge on any atom is -0.352 e. The monoisotopic (exact) mass is 364 g/mol. The van der Waals surface area contributed by atoms with Crippen LogP contribution in [0.4, 0.5) is 0 Å². The smallest absolute Gasteiger partial charge is 0.252 e. The van der Waals surface area contributed by atoms with Crippen molar-refractivity contribution in [1.82, 2.24) is 29.4 Å². The molecule has 134 valence electrons. The van der Waals surface area contributed by atoms with Gasteiger partial charge in [-0.1, -0.05) is 0 Å². The summed E-state index contributed by atoms with van der Waals surface area (Å²) in [5, 5.41) is 10.3. The van der Waals surface area contributed by atoms with Gasteiger partial charge in [-0.2, -0.15) is 0 Å². The standard InChI is InChI=1S/C15H20N6O3S/c1-25(23,24)21-6-2-3-12(9-21)7-17-15(22)13-4-5-14(16-8-13)20-10-18-19-11-20/h4-5,8,10-12H,2-3,6-7,9H2,1H3,(H,17,22)/t12-/m0/s1. The number of aromatic nitrogens is 4. The first kappa shape index (κ1) is 17.5. The van der Waals surface area contributed by atoms with Crippen LogP contribution in [0.1, 0.15) is 23.2 Å². The molecule has 10 heteroatoms. The van der Waals surface area contributed by atoms with Crippen LogP contribution in [0.3, 0.4) is 0 Å². The van der Waals surface area contributed by atoms with E-state index in [1.807, 2.05) is 0 Å². The molecule has 0 unspecified atom stereocenters. The average Bonchev–Trinajstić information content (AvgIpc) is 3.14. The predicted molar refractivity (Wildman–Crippen MR) is 90.6 cm³/mol. The summed E-state index contributed by atoms with van der Waals surface area (Å²) >= 11 is 0. The zero-order chi connectivity index (χ0) is 17.9. The molecule has 3 rings (SSSR count). The van der Waals surface area contributed by atoms with E-state index in [0.29, 0.717) is 31.0 Å². The Balaban J connectivity index is 1.55. The molecule has 0 bridgehead atoms. The van der Waals surface area contributed by atoms with E-state index in [1.165, 1.54) is 29.4 Å². The third-order valence-corrected chi connectivity index (χ3v) is 5.47. The van der Waals surface area contributed by atoms with Crippen molar-refractivity contribution in [3.8, 4) is 5.82 Å². The number of nitrogens with zero attached hydrogens (tertiary/aromatic N) is 5. The van der Waals surface area contributed by atoms with E-state index in [9.17, 15) is 13.2 Å². The first-order chi connectivity index (χ1) is 11.9. The lowest BCUT2D eigenvalue weighted by atomic mass is 9.99. The van der Waals surface area contributed by atoms with Gasteiger partial charge in [0.1, 0.15) is 18.5 Å². The molecule has 1 N–H and O–H groups in total. The molecule has 1 amide bonds. The molecule has 0 spiro atoms. The lowest BCUT2D eigenvalue weighted by Crippen LogP contribution is -2.43. The van der Waals surface area contributed by atoms with Gasteiger partial charge in [-0.25, -0.2) is 17.7 Å². The van der Waals surface area contributed by atoms with Crippen LogP contribution >= 0.6 is 0 Å². The topological polar surface area (TPSA) is 110 Å². The van der Waals surface area contributed by atoms with Crippen LogP contribution < -0.4 is 5.32 Å². The number of hydrogen-bond acceptors (Lipinski definition) is 6. The van der Waals surface area contributed by atoms with E-state index in [0.717, 1.165) is 12.8 Å². The Labute approximate surface area is 146 Å². The fourth-order valence-electron chi connectivity index (χ4n) is 2.83. The summed E-state index contributed by atoms with van der Waals surface area (Å²) in [5.41, 5.74) is 0.451. The predicted octanol–water partition coefficient (Wildman–Crippen LogP) is 0.0637. The lowest BCUT2D eigenvalue weighted by molar-refractivity contribution is 0.0941. The van der Waals surface area contributed by atoms with Gasteiger partial charge in [-0.3, -0.25) is 9.36 Å². The third kappa shape index (κ3) is 4.40. The minimum absolute atomic E-state index is 0.122. The number of carbonyl (C=O) groups excluding carboxylic acids is 1. The maximum Gasteiger partial charge on any atom is 0.252 e. The average molecular weight is 364 g/mol. The van der Waals surface area contributed by atoms with E-state index in [-0.39, 0.29) is 11.8 Å². The highest BCUT2D eigenvalue weighted by molar-refractivity contribution is 7.88. The first-order valence-corrected chi connectivity index (χ1v) is 9.82. The zero-order valence-electron chi connectivity index (χ0n) is 13.9. The molecule has 1 aliphatic rings. The van der Waals surface area contributed by atoms with E-state index in [1.54, 1.807) is 16.7 Å². The summed E-state index contributed by atoms with van der Waals surface area (Å²) in [6.45, 7) is 1.44. The van der Waals surface area contributed by atoms with Gasteiger partial charge in [0.15, 0.2) is 0 Å². The van der Waals surface area contributed by atoms with Crippen molar-refractivity contribution in [2.75, 3.05) is 25.9 Å². The van der Waals surface area contributed by atoms with Gasteiger partial charge in [0.2, 0.25) is 10.0 Å². The Bertz CT molecular complexity index is 819. The van der Waals surface area contributed by atoms with Crippen LogP contribution in [0.15, 0.2) is 31.0 Å². The van der Waals surface area contributed by atoms with Crippen LogP contribution in [-0.4, -0.2) is 64.3 Å². The molecule has 0 radical (unpaired) electrons. The van der Waals surface area contributed by atoms with Crippen molar-refractivity contribution in [3.05, 3.63) is 36.5 Å². The van der Waals surface area contributed by atoms with Crippen molar-refractivity contribution in [1.29, 1.82) is 0 Å². The Morgan fingerprint density at radius 1 is 1.32 bits per heavy atom. The summed E-state index contributed by atoms with van der Waals surface area (Å²) in [6.07, 6.45) is 7.47. The SMILES string of the molecule is CS(=O)(=O)N1CCC[C@@H](CNC(=O)c2ccc(-n3cnnc3)nc2)C1. The van der Waals surface area contributed by atoms with E-state index < -0.39 is 10.0 Å². The van der Waals surface area contributed by atoms with Crippen molar-refractivity contribution < 1.29 is 13.2 Å². The highest BCUT2D eigenvalue weighted by atomic mass is 32.2. The van der Waals surface area contributed by atoms with E-state index in [4.69, 9.17) is 0 Å². The third-order valence-electron chi connectivity index (χ3n) is 4.20. The second kappa shape index (κ2) is 7.28. The number of carbonyl (C=O) groups is 1. The molecule has 25 heavy (non-hydrogen) atoms. The highest BCUT2D eigenvalue weighted by Gasteiger charge is 2.26. The molecule has 1 saturated heterocycles. The number of piperidine rings is 1. The van der Waals surface area contributed by atoms with E-state index in [2.05, 4.69) is 20.5 Å². The Morgan fingerprint density at radius 2 is 2.08 bits per heavy atom. The van der Waals surface area contributed by atoms with Gasteiger partial charge in [-0.05, 0) is 30.9 Å². The largest absolute Gasteiger partial charge is 0.352 e. The normalized spacial score (nSPS) is 18.8. The maximum atomic E-state index is 12.2. The second-order valence-electron chi connectivity index (χ2n) is 6.11. The van der Waals surface area contributed by atoms with Crippen LogP contribution in [0.5, 0.6) is 0 Å². The zero-order valence-corrected chi connectivity index (χ0v) is 14.7. The number of rotatable bonds is 5. The number of hydrogen-bond donors (Lipinski definition) is 1. The lowest BCUT2D eigenvalue weighted by Gasteiger charge is -2.30. The van der Waals surface area contributed by atoms with Crippen LogP contribution in [0, 0.1) is 5.92 Å². The van der Waals surface area contributed by atoms with Gasteiger partial charge >= 0.3 is 0 Å². The van der Waals surface area contributed by atoms with Gasteiger partial charge in [0.25, 0.3) is 5.91 Å². The van der Waals surface area contributed by atoms with Crippen LogP contribution in [-0.2, 0) is 10.0 Å². The van der Waals surface area contributed by atoms with E-state index >= 15 is 0 Å². The fraction of sp³-hybridized carbons (Fsp3) is 0.467. The van der Waals surface area contributed by atoms with Gasteiger partial charge in [-0.15, -0.1) is 10.2 Å². The summed E-state index contributed by atoms with van der Waals surface area (Å²) in [5.74, 6) is 0.522. The molecule has 0 aromatic carbocycles. The molecule has 1 atom stereocenters. The summed E-state index contributed by atoms with van der Waals surface area (Å²) < 4.78 is 26.4. The number of amides is 1. The van der Waals surface area contributed by atoms with Crippen molar-refractivity contribution in [3.63, 3.8) is 0 Å². The second-order valence-corrected chi connectivity index (χ2v) is 8.10. The fourth-order valence-corrected chi connectivity index (χ4v) is 3.77. The molecular weight excluding hydrogens is 344 g/mol. The van der Waals surface area contributed by atoms with Crippen molar-refractivity contribution in [2.24, 2.45) is 5.92 Å². The number of sulfonamides is 1. The molecule has 3 heterocycles. The molecule has 2 aromatic rings. The van der Waals surface area contributed by atoms with Gasteiger partial charge < -0.3 is 5.32 Å². The first-order valence-electron chi connectivity index (χ1n) is 7.98. The number of pyridine rings is 1. The summed E-state index contributed by atoms with van der Waals surface area (Å²) in [6, 6.07) is 3.39. The van der Waals surface area contributed by atoms with Crippen molar-refractivity contribution in [2.45, 2.75) is 12.8 Å².